The molecule has 34 heavy (non-hydrogen) atoms. The summed E-state index contributed by atoms with van der Waals surface area (Å²) < 4.78 is 96.3. The van der Waals surface area contributed by atoms with Crippen molar-refractivity contribution in [1.82, 2.24) is 15.0 Å². The van der Waals surface area contributed by atoms with Crippen LogP contribution in [0.25, 0.3) is 0 Å². The molecule has 0 saturated heterocycles. The van der Waals surface area contributed by atoms with E-state index in [4.69, 9.17) is 9.90 Å². The standard InChI is InChI=1S/C17H16F3N3O3S.C2HF3O2/c1-10-6-13-7-11(2-3-12(13)9-22-10)16(24)23-27(25,26)14-4-5-21-15(8-14)17(18,19)20;3-2(4,5)1(6)7/h2-5,7-8,10,22H,6,9H2,1H3,(H,23,24);(H,6,7). The Hall–Kier alpha value is -3.20. The molecule has 1 aromatic carbocycles. The third-order valence-electron chi connectivity index (χ3n) is 4.44. The minimum absolute atomic E-state index is 0.122. The number of halogens is 6. The topological polar surface area (TPSA) is 125 Å². The highest BCUT2D eigenvalue weighted by Crippen LogP contribution is 2.28. The second-order valence-corrected chi connectivity index (χ2v) is 8.76. The van der Waals surface area contributed by atoms with Crippen molar-refractivity contribution in [3.8, 4) is 0 Å². The Balaban J connectivity index is 0.000000509. The number of hydrogen-bond donors (Lipinski definition) is 3. The van der Waals surface area contributed by atoms with E-state index < -0.39 is 44.8 Å². The molecule has 1 unspecified atom stereocenters. The Labute approximate surface area is 189 Å². The van der Waals surface area contributed by atoms with Crippen molar-refractivity contribution in [2.24, 2.45) is 0 Å². The Bertz CT molecular complexity index is 1180. The van der Waals surface area contributed by atoms with Gasteiger partial charge in [0, 0.05) is 24.3 Å². The Morgan fingerprint density at radius 1 is 1.09 bits per heavy atom. The molecule has 3 rings (SSSR count). The molecule has 0 saturated carbocycles. The summed E-state index contributed by atoms with van der Waals surface area (Å²) in [6, 6.07) is 6.31. The number of carboxylic acid groups (broad SMARTS) is 1. The summed E-state index contributed by atoms with van der Waals surface area (Å²) in [6.07, 6.45) is -8.46. The van der Waals surface area contributed by atoms with Crippen molar-refractivity contribution < 1.29 is 49.5 Å². The van der Waals surface area contributed by atoms with Crippen LogP contribution in [0.2, 0.25) is 0 Å². The van der Waals surface area contributed by atoms with Crippen molar-refractivity contribution in [2.75, 3.05) is 0 Å². The van der Waals surface area contributed by atoms with E-state index in [0.29, 0.717) is 19.0 Å². The number of pyridine rings is 1. The molecular formula is C19H17F6N3O5S. The van der Waals surface area contributed by atoms with E-state index in [1.165, 1.54) is 6.07 Å². The van der Waals surface area contributed by atoms with Crippen molar-refractivity contribution in [3.05, 3.63) is 58.9 Å². The van der Waals surface area contributed by atoms with E-state index in [-0.39, 0.29) is 11.6 Å². The second-order valence-electron chi connectivity index (χ2n) is 7.08. The van der Waals surface area contributed by atoms with Crippen LogP contribution in [0, 0.1) is 0 Å². The van der Waals surface area contributed by atoms with Gasteiger partial charge in [0.05, 0.1) is 4.90 Å². The first-order valence-corrected chi connectivity index (χ1v) is 10.7. The predicted molar refractivity (Wildman–Crippen MR) is 104 cm³/mol. The monoisotopic (exact) mass is 513 g/mol. The normalized spacial score (nSPS) is 16.0. The van der Waals surface area contributed by atoms with Crippen LogP contribution >= 0.6 is 0 Å². The second kappa shape index (κ2) is 9.97. The van der Waals surface area contributed by atoms with Gasteiger partial charge < -0.3 is 10.4 Å². The average Bonchev–Trinajstić information content (AvgIpc) is 2.72. The van der Waals surface area contributed by atoms with Crippen LogP contribution in [0.15, 0.2) is 41.4 Å². The Morgan fingerprint density at radius 2 is 1.71 bits per heavy atom. The molecule has 2 heterocycles. The molecule has 1 aliphatic heterocycles. The first-order chi connectivity index (χ1) is 15.5. The minimum Gasteiger partial charge on any atom is -0.475 e. The number of carboxylic acids is 1. The summed E-state index contributed by atoms with van der Waals surface area (Å²) in [5.41, 5.74) is 0.704. The maximum atomic E-state index is 12.7. The van der Waals surface area contributed by atoms with Gasteiger partial charge in [0.1, 0.15) is 5.69 Å². The van der Waals surface area contributed by atoms with Gasteiger partial charge in [-0.05, 0) is 48.7 Å². The number of benzene rings is 1. The maximum Gasteiger partial charge on any atom is 0.490 e. The van der Waals surface area contributed by atoms with E-state index in [0.717, 1.165) is 23.4 Å². The van der Waals surface area contributed by atoms with Gasteiger partial charge in [0.2, 0.25) is 0 Å². The van der Waals surface area contributed by atoms with E-state index in [2.05, 4.69) is 10.3 Å². The number of alkyl halides is 6. The highest BCUT2D eigenvalue weighted by Gasteiger charge is 2.38. The van der Waals surface area contributed by atoms with Crippen molar-refractivity contribution in [2.45, 2.75) is 43.2 Å². The molecule has 1 amide bonds. The lowest BCUT2D eigenvalue weighted by molar-refractivity contribution is -0.192. The number of nitrogens with zero attached hydrogens (tertiary/aromatic N) is 1. The molecule has 8 nitrogen and oxygen atoms in total. The molecule has 2 aromatic rings. The van der Waals surface area contributed by atoms with Crippen molar-refractivity contribution in [3.63, 3.8) is 0 Å². The van der Waals surface area contributed by atoms with Gasteiger partial charge in [-0.1, -0.05) is 6.07 Å². The highest BCUT2D eigenvalue weighted by molar-refractivity contribution is 7.90. The fourth-order valence-corrected chi connectivity index (χ4v) is 3.78. The van der Waals surface area contributed by atoms with Crippen LogP contribution in [-0.2, 0) is 34.0 Å². The largest absolute Gasteiger partial charge is 0.490 e. The van der Waals surface area contributed by atoms with Gasteiger partial charge in [-0.25, -0.2) is 17.9 Å². The third kappa shape index (κ3) is 7.15. The van der Waals surface area contributed by atoms with Crippen LogP contribution in [0.3, 0.4) is 0 Å². The van der Waals surface area contributed by atoms with Gasteiger partial charge in [-0.3, -0.25) is 9.78 Å². The van der Waals surface area contributed by atoms with Crippen LogP contribution < -0.4 is 10.0 Å². The summed E-state index contributed by atoms with van der Waals surface area (Å²) in [5.74, 6) is -3.66. The number of sulfonamides is 1. The predicted octanol–water partition coefficient (Wildman–Crippen LogP) is 2.89. The third-order valence-corrected chi connectivity index (χ3v) is 5.77. The van der Waals surface area contributed by atoms with Crippen molar-refractivity contribution >= 4 is 21.9 Å². The SMILES string of the molecule is CC1Cc2cc(C(=O)NS(=O)(=O)c3ccnc(C(F)(F)F)c3)ccc2CN1.O=C(O)C(F)(F)F. The van der Waals surface area contributed by atoms with Gasteiger partial charge >= 0.3 is 18.3 Å². The zero-order valence-electron chi connectivity index (χ0n) is 17.2. The molecule has 1 aromatic heterocycles. The lowest BCUT2D eigenvalue weighted by Crippen LogP contribution is -2.34. The van der Waals surface area contributed by atoms with Gasteiger partial charge in [-0.2, -0.15) is 26.3 Å². The fraction of sp³-hybridized carbons (Fsp3) is 0.316. The highest BCUT2D eigenvalue weighted by atomic mass is 32.2. The smallest absolute Gasteiger partial charge is 0.475 e. The minimum atomic E-state index is -5.08. The summed E-state index contributed by atoms with van der Waals surface area (Å²) in [4.78, 5) is 23.7. The number of aliphatic carboxylic acids is 1. The summed E-state index contributed by atoms with van der Waals surface area (Å²) >= 11 is 0. The van der Waals surface area contributed by atoms with Gasteiger partial charge in [0.15, 0.2) is 0 Å². The number of rotatable bonds is 3. The first-order valence-electron chi connectivity index (χ1n) is 9.26. The molecule has 1 aliphatic rings. The number of fused-ring (bicyclic) bond motifs is 1. The number of aromatic nitrogens is 1. The number of nitrogens with one attached hydrogen (secondary N) is 2. The fourth-order valence-electron chi connectivity index (χ4n) is 2.79. The molecule has 1 atom stereocenters. The van der Waals surface area contributed by atoms with Crippen LogP contribution in [0.1, 0.15) is 34.1 Å². The summed E-state index contributed by atoms with van der Waals surface area (Å²) in [5, 5.41) is 10.4. The average molecular weight is 513 g/mol. The van der Waals surface area contributed by atoms with Crippen molar-refractivity contribution in [1.29, 1.82) is 0 Å². The molecular weight excluding hydrogens is 496 g/mol. The lowest BCUT2D eigenvalue weighted by atomic mass is 9.94. The van der Waals surface area contributed by atoms with Crippen LogP contribution in [-0.4, -0.2) is 42.6 Å². The molecule has 0 bridgehead atoms. The van der Waals surface area contributed by atoms with E-state index in [1.807, 2.05) is 11.6 Å². The van der Waals surface area contributed by atoms with E-state index in [9.17, 15) is 39.6 Å². The number of hydrogen-bond acceptors (Lipinski definition) is 6. The molecule has 0 radical (unpaired) electrons. The van der Waals surface area contributed by atoms with Crippen LogP contribution in [0.4, 0.5) is 26.3 Å². The molecule has 0 aliphatic carbocycles. The lowest BCUT2D eigenvalue weighted by Gasteiger charge is -2.23. The molecule has 0 spiro atoms. The number of carbonyl (C=O) groups excluding carboxylic acids is 1. The molecule has 186 valence electrons. The molecule has 0 fully saturated rings. The first kappa shape index (κ1) is 27.0. The summed E-state index contributed by atoms with van der Waals surface area (Å²) in [7, 11) is -4.47. The Kier molecular flexibility index (Phi) is 7.93. The van der Waals surface area contributed by atoms with Gasteiger partial charge in [-0.15, -0.1) is 0 Å². The number of carbonyl (C=O) groups is 2. The Morgan fingerprint density at radius 3 is 2.26 bits per heavy atom. The maximum absolute atomic E-state index is 12.7. The molecule has 15 heteroatoms. The molecule has 3 N–H and O–H groups in total. The van der Waals surface area contributed by atoms with Crippen LogP contribution in [0.5, 0.6) is 0 Å². The van der Waals surface area contributed by atoms with E-state index >= 15 is 0 Å². The number of amides is 1. The van der Waals surface area contributed by atoms with E-state index in [1.54, 1.807) is 12.1 Å². The zero-order chi connectivity index (χ0) is 25.9. The zero-order valence-corrected chi connectivity index (χ0v) is 18.0. The summed E-state index contributed by atoms with van der Waals surface area (Å²) in [6.45, 7) is 2.63. The quantitative estimate of drug-likeness (QED) is 0.539. The van der Waals surface area contributed by atoms with Gasteiger partial charge in [0.25, 0.3) is 15.9 Å².